The zero-order valence-electron chi connectivity index (χ0n) is 9.38. The molecule has 1 fully saturated rings. The summed E-state index contributed by atoms with van der Waals surface area (Å²) in [6.07, 6.45) is 7.90. The molecule has 82 valence electrons. The fraction of sp³-hybridized carbons (Fsp3) is 0.909. The molecule has 0 aromatic rings. The van der Waals surface area contributed by atoms with Crippen LogP contribution in [-0.2, 0) is 4.79 Å². The van der Waals surface area contributed by atoms with Gasteiger partial charge in [0, 0.05) is 6.04 Å². The molecule has 0 bridgehead atoms. The third kappa shape index (κ3) is 7.96. The highest BCUT2D eigenvalue weighted by atomic mass is 16.1. The maximum atomic E-state index is 9.27. The van der Waals surface area contributed by atoms with Gasteiger partial charge in [0.2, 0.25) is 6.08 Å². The second kappa shape index (κ2) is 10.4. The predicted octanol–water partition coefficient (Wildman–Crippen LogP) is 2.27. The van der Waals surface area contributed by atoms with Crippen LogP contribution < -0.4 is 5.32 Å². The first-order chi connectivity index (χ1) is 6.85. The first-order valence-electron chi connectivity index (χ1n) is 5.62. The number of hydrogen-bond donors (Lipinski definition) is 1. The number of carbonyl (C=O) groups excluding carboxylic acids is 1. The van der Waals surface area contributed by atoms with Gasteiger partial charge in [-0.15, -0.1) is 0 Å². The van der Waals surface area contributed by atoms with E-state index in [1.54, 1.807) is 0 Å². The van der Waals surface area contributed by atoms with Gasteiger partial charge < -0.3 is 5.32 Å². The van der Waals surface area contributed by atoms with Crippen LogP contribution in [0.4, 0.5) is 0 Å². The summed E-state index contributed by atoms with van der Waals surface area (Å²) < 4.78 is 0. The van der Waals surface area contributed by atoms with Crippen molar-refractivity contribution < 1.29 is 4.79 Å². The lowest BCUT2D eigenvalue weighted by molar-refractivity contribution is 0.393. The molecule has 1 saturated heterocycles. The van der Waals surface area contributed by atoms with Crippen molar-refractivity contribution in [2.75, 3.05) is 13.1 Å². The van der Waals surface area contributed by atoms with Crippen molar-refractivity contribution >= 4 is 6.08 Å². The van der Waals surface area contributed by atoms with E-state index >= 15 is 0 Å². The monoisotopic (exact) mass is 198 g/mol. The van der Waals surface area contributed by atoms with Gasteiger partial charge in [-0.25, -0.2) is 9.79 Å². The molecule has 0 saturated carbocycles. The van der Waals surface area contributed by atoms with E-state index in [2.05, 4.69) is 17.2 Å². The topological polar surface area (TPSA) is 41.5 Å². The number of isocyanates is 1. The molecule has 1 N–H and O–H groups in total. The number of nitrogens with one attached hydrogen (secondary N) is 1. The summed E-state index contributed by atoms with van der Waals surface area (Å²) in [6, 6.07) is 0.837. The molecule has 0 amide bonds. The van der Waals surface area contributed by atoms with Gasteiger partial charge in [0.05, 0.1) is 6.54 Å². The lowest BCUT2D eigenvalue weighted by atomic mass is 10.0. The summed E-state index contributed by atoms with van der Waals surface area (Å²) in [5.74, 6) is 0. The molecule has 0 aliphatic carbocycles. The molecule has 0 radical (unpaired) electrons. The smallest absolute Gasteiger partial charge is 0.234 e. The maximum absolute atomic E-state index is 9.27. The standard InChI is InChI=1S/C7H15N.C4H7NO/c1-2-7-5-3-4-6-8-7;1-2-3-5-4-6/h7-8H,2-6H2,1H3;2-3H2,1H3. The lowest BCUT2D eigenvalue weighted by Crippen LogP contribution is -2.32. The van der Waals surface area contributed by atoms with Crippen LogP contribution in [0, 0.1) is 0 Å². The fourth-order valence-corrected chi connectivity index (χ4v) is 1.43. The van der Waals surface area contributed by atoms with E-state index in [0.717, 1.165) is 12.5 Å². The molecule has 1 aliphatic heterocycles. The Morgan fingerprint density at radius 2 is 2.21 bits per heavy atom. The van der Waals surface area contributed by atoms with Crippen molar-refractivity contribution in [3.8, 4) is 0 Å². The summed E-state index contributed by atoms with van der Waals surface area (Å²) in [6.45, 7) is 6.08. The summed E-state index contributed by atoms with van der Waals surface area (Å²) in [5.41, 5.74) is 0. The Hall–Kier alpha value is -0.660. The highest BCUT2D eigenvalue weighted by Crippen LogP contribution is 2.08. The third-order valence-electron chi connectivity index (χ3n) is 2.31. The van der Waals surface area contributed by atoms with E-state index in [1.165, 1.54) is 38.3 Å². The van der Waals surface area contributed by atoms with E-state index in [-0.39, 0.29) is 0 Å². The van der Waals surface area contributed by atoms with Crippen LogP contribution in [0.15, 0.2) is 4.99 Å². The predicted molar refractivity (Wildman–Crippen MR) is 59.2 cm³/mol. The van der Waals surface area contributed by atoms with Crippen LogP contribution >= 0.6 is 0 Å². The number of aliphatic imine (C=N–C) groups is 1. The molecule has 1 atom stereocenters. The Kier molecular flexibility index (Phi) is 9.93. The van der Waals surface area contributed by atoms with Gasteiger partial charge in [0.25, 0.3) is 0 Å². The minimum atomic E-state index is 0.615. The highest BCUT2D eigenvalue weighted by molar-refractivity contribution is 5.32. The average molecular weight is 198 g/mol. The van der Waals surface area contributed by atoms with Crippen LogP contribution in [0.2, 0.25) is 0 Å². The zero-order chi connectivity index (χ0) is 10.6. The number of piperidine rings is 1. The third-order valence-corrected chi connectivity index (χ3v) is 2.31. The molecule has 0 aromatic heterocycles. The second-order valence-corrected chi connectivity index (χ2v) is 3.53. The second-order valence-electron chi connectivity index (χ2n) is 3.53. The molecule has 0 aromatic carbocycles. The largest absolute Gasteiger partial charge is 0.314 e. The molecule has 1 rings (SSSR count). The Labute approximate surface area is 87.0 Å². The van der Waals surface area contributed by atoms with Gasteiger partial charge in [-0.2, -0.15) is 0 Å². The van der Waals surface area contributed by atoms with E-state index in [1.807, 2.05) is 6.92 Å². The van der Waals surface area contributed by atoms with E-state index in [4.69, 9.17) is 0 Å². The molecule has 1 aliphatic rings. The molecular formula is C11H22N2O. The summed E-state index contributed by atoms with van der Waals surface area (Å²) in [7, 11) is 0. The molecule has 0 spiro atoms. The Morgan fingerprint density at radius 1 is 1.43 bits per heavy atom. The quantitative estimate of drug-likeness (QED) is 0.558. The van der Waals surface area contributed by atoms with Crippen molar-refractivity contribution in [3.63, 3.8) is 0 Å². The molecule has 3 nitrogen and oxygen atoms in total. The minimum absolute atomic E-state index is 0.615. The van der Waals surface area contributed by atoms with Crippen molar-refractivity contribution in [1.29, 1.82) is 0 Å². The fourth-order valence-electron chi connectivity index (χ4n) is 1.43. The van der Waals surface area contributed by atoms with Crippen molar-refractivity contribution in [1.82, 2.24) is 5.32 Å². The first kappa shape index (κ1) is 13.3. The first-order valence-corrected chi connectivity index (χ1v) is 5.62. The Balaban J connectivity index is 0.000000255. The van der Waals surface area contributed by atoms with Gasteiger partial charge >= 0.3 is 0 Å². The maximum Gasteiger partial charge on any atom is 0.234 e. The lowest BCUT2D eigenvalue weighted by Gasteiger charge is -2.21. The molecule has 3 heteroatoms. The summed E-state index contributed by atoms with van der Waals surface area (Å²) in [4.78, 5) is 12.6. The highest BCUT2D eigenvalue weighted by Gasteiger charge is 2.08. The van der Waals surface area contributed by atoms with Crippen LogP contribution in [0.1, 0.15) is 46.0 Å². The van der Waals surface area contributed by atoms with Crippen molar-refractivity contribution in [2.45, 2.75) is 52.0 Å². The van der Waals surface area contributed by atoms with Gasteiger partial charge in [0.1, 0.15) is 0 Å². The Morgan fingerprint density at radius 3 is 2.50 bits per heavy atom. The minimum Gasteiger partial charge on any atom is -0.314 e. The normalized spacial score (nSPS) is 20.3. The van der Waals surface area contributed by atoms with Crippen LogP contribution in [-0.4, -0.2) is 25.2 Å². The number of nitrogens with zero attached hydrogens (tertiary/aromatic N) is 1. The zero-order valence-corrected chi connectivity index (χ0v) is 9.38. The summed E-state index contributed by atoms with van der Waals surface area (Å²) >= 11 is 0. The molecule has 1 unspecified atom stereocenters. The Bertz CT molecular complexity index is 159. The van der Waals surface area contributed by atoms with Crippen molar-refractivity contribution in [3.05, 3.63) is 0 Å². The van der Waals surface area contributed by atoms with E-state index in [0.29, 0.717) is 6.54 Å². The van der Waals surface area contributed by atoms with Crippen LogP contribution in [0.3, 0.4) is 0 Å². The van der Waals surface area contributed by atoms with Crippen LogP contribution in [0.5, 0.6) is 0 Å². The molecule has 14 heavy (non-hydrogen) atoms. The van der Waals surface area contributed by atoms with E-state index < -0.39 is 0 Å². The molecular weight excluding hydrogens is 176 g/mol. The SMILES string of the molecule is CCC1CCCCN1.CCCN=C=O. The van der Waals surface area contributed by atoms with Crippen LogP contribution in [0.25, 0.3) is 0 Å². The molecule has 1 heterocycles. The van der Waals surface area contributed by atoms with Gasteiger partial charge in [-0.3, -0.25) is 0 Å². The van der Waals surface area contributed by atoms with Gasteiger partial charge in [0.15, 0.2) is 0 Å². The number of rotatable bonds is 3. The van der Waals surface area contributed by atoms with Gasteiger partial charge in [-0.1, -0.05) is 20.3 Å². The van der Waals surface area contributed by atoms with Crippen molar-refractivity contribution in [2.24, 2.45) is 4.99 Å². The number of hydrogen-bond acceptors (Lipinski definition) is 3. The van der Waals surface area contributed by atoms with E-state index in [9.17, 15) is 4.79 Å². The summed E-state index contributed by atoms with van der Waals surface area (Å²) in [5, 5.41) is 3.47. The van der Waals surface area contributed by atoms with Gasteiger partial charge in [-0.05, 0) is 32.2 Å². The average Bonchev–Trinajstić information content (AvgIpc) is 2.28.